The number of hydrogen-bond donors (Lipinski definition) is 1. The predicted octanol–water partition coefficient (Wildman–Crippen LogP) is 3.79. The molecule has 130 valence electrons. The molecule has 2 aromatic rings. The average molecular weight is 358 g/mol. The van der Waals surface area contributed by atoms with E-state index < -0.39 is 0 Å². The summed E-state index contributed by atoms with van der Waals surface area (Å²) in [6.45, 7) is 1.13. The molecule has 0 saturated carbocycles. The molecule has 1 aliphatic carbocycles. The van der Waals surface area contributed by atoms with Gasteiger partial charge >= 0.3 is 0 Å². The second kappa shape index (κ2) is 6.96. The van der Waals surface area contributed by atoms with Crippen LogP contribution < -0.4 is 14.8 Å². The maximum Gasteiger partial charge on any atom is 0.251 e. The molecule has 2 aromatic carbocycles. The van der Waals surface area contributed by atoms with Gasteiger partial charge in [-0.1, -0.05) is 35.9 Å². The molecule has 0 spiro atoms. The Morgan fingerprint density at radius 3 is 2.80 bits per heavy atom. The largest absolute Gasteiger partial charge is 0.489 e. The van der Waals surface area contributed by atoms with E-state index in [2.05, 4.69) is 23.5 Å². The van der Waals surface area contributed by atoms with Crippen molar-refractivity contribution in [2.45, 2.75) is 31.7 Å². The van der Waals surface area contributed by atoms with E-state index in [1.165, 1.54) is 11.1 Å². The number of halogens is 1. The van der Waals surface area contributed by atoms with E-state index in [-0.39, 0.29) is 11.9 Å². The van der Waals surface area contributed by atoms with Crippen molar-refractivity contribution in [1.82, 2.24) is 5.32 Å². The van der Waals surface area contributed by atoms with Gasteiger partial charge in [-0.15, -0.1) is 0 Å². The number of aryl methyl sites for hydroxylation is 1. The summed E-state index contributed by atoms with van der Waals surface area (Å²) in [7, 11) is 0. The van der Waals surface area contributed by atoms with E-state index in [4.69, 9.17) is 21.1 Å². The van der Waals surface area contributed by atoms with Crippen molar-refractivity contribution in [3.63, 3.8) is 0 Å². The summed E-state index contributed by atoms with van der Waals surface area (Å²) in [6.07, 6.45) is 3.60. The predicted molar refractivity (Wildman–Crippen MR) is 96.8 cm³/mol. The van der Waals surface area contributed by atoms with E-state index in [1.54, 1.807) is 12.1 Å². The topological polar surface area (TPSA) is 47.6 Å². The first-order valence-electron chi connectivity index (χ1n) is 8.67. The lowest BCUT2D eigenvalue weighted by Gasteiger charge is -2.25. The molecular formula is C20H20ClNO3. The van der Waals surface area contributed by atoms with Gasteiger partial charge in [0.25, 0.3) is 5.91 Å². The standard InChI is InChI=1S/C20H20ClNO3/c21-17-11-15(12-18-19(17)25-9-3-8-24-18)20(23)22-16-7-6-13-4-1-2-5-14(13)10-16/h1-2,4-5,11-12,16H,3,6-10H2,(H,22,23). The smallest absolute Gasteiger partial charge is 0.251 e. The molecular weight excluding hydrogens is 338 g/mol. The van der Waals surface area contributed by atoms with Gasteiger partial charge in [-0.05, 0) is 42.5 Å². The summed E-state index contributed by atoms with van der Waals surface area (Å²) >= 11 is 6.29. The number of ether oxygens (including phenoxy) is 2. The van der Waals surface area contributed by atoms with Crippen LogP contribution in [0.2, 0.25) is 5.02 Å². The third kappa shape index (κ3) is 3.45. The number of benzene rings is 2. The summed E-state index contributed by atoms with van der Waals surface area (Å²) in [5, 5.41) is 3.55. The Morgan fingerprint density at radius 1 is 1.12 bits per heavy atom. The fourth-order valence-corrected chi connectivity index (χ4v) is 3.72. The molecule has 1 heterocycles. The average Bonchev–Trinajstić information content (AvgIpc) is 2.87. The van der Waals surface area contributed by atoms with Gasteiger partial charge in [-0.25, -0.2) is 0 Å². The highest BCUT2D eigenvalue weighted by Gasteiger charge is 2.23. The lowest BCUT2D eigenvalue weighted by atomic mass is 9.88. The first-order valence-corrected chi connectivity index (χ1v) is 9.05. The number of carbonyl (C=O) groups is 1. The summed E-state index contributed by atoms with van der Waals surface area (Å²) in [6, 6.07) is 11.9. The monoisotopic (exact) mass is 357 g/mol. The van der Waals surface area contributed by atoms with Crippen molar-refractivity contribution in [2.75, 3.05) is 13.2 Å². The first kappa shape index (κ1) is 16.3. The number of amides is 1. The van der Waals surface area contributed by atoms with Gasteiger partial charge < -0.3 is 14.8 Å². The minimum atomic E-state index is -0.123. The molecule has 0 aromatic heterocycles. The highest BCUT2D eigenvalue weighted by atomic mass is 35.5. The van der Waals surface area contributed by atoms with Crippen molar-refractivity contribution in [3.8, 4) is 11.5 Å². The van der Waals surface area contributed by atoms with Gasteiger partial charge in [0, 0.05) is 18.0 Å². The molecule has 2 aliphatic rings. The molecule has 25 heavy (non-hydrogen) atoms. The minimum absolute atomic E-state index is 0.123. The third-order valence-electron chi connectivity index (χ3n) is 4.75. The van der Waals surface area contributed by atoms with E-state index in [0.717, 1.165) is 25.7 Å². The van der Waals surface area contributed by atoms with Gasteiger partial charge in [0.1, 0.15) is 0 Å². The van der Waals surface area contributed by atoms with E-state index >= 15 is 0 Å². The number of hydrogen-bond acceptors (Lipinski definition) is 3. The molecule has 4 nitrogen and oxygen atoms in total. The van der Waals surface area contributed by atoms with Crippen LogP contribution in [0.3, 0.4) is 0 Å². The van der Waals surface area contributed by atoms with Gasteiger partial charge in [-0.2, -0.15) is 0 Å². The second-order valence-corrected chi connectivity index (χ2v) is 6.92. The molecule has 1 atom stereocenters. The Hall–Kier alpha value is -2.20. The summed E-state index contributed by atoms with van der Waals surface area (Å²) in [4.78, 5) is 12.7. The van der Waals surface area contributed by atoms with Gasteiger partial charge in [0.15, 0.2) is 11.5 Å². The molecule has 1 unspecified atom stereocenters. The SMILES string of the molecule is O=C(NC1CCc2ccccc2C1)c1cc(Cl)c2c(c1)OCCCO2. The van der Waals surface area contributed by atoms with E-state index in [9.17, 15) is 4.79 Å². The lowest BCUT2D eigenvalue weighted by molar-refractivity contribution is 0.0933. The zero-order valence-corrected chi connectivity index (χ0v) is 14.6. The van der Waals surface area contributed by atoms with Crippen LogP contribution in [0.1, 0.15) is 34.3 Å². The van der Waals surface area contributed by atoms with Crippen LogP contribution in [0, 0.1) is 0 Å². The third-order valence-corrected chi connectivity index (χ3v) is 5.03. The number of carbonyl (C=O) groups excluding carboxylic acids is 1. The Bertz CT molecular complexity index is 806. The maximum absolute atomic E-state index is 12.7. The van der Waals surface area contributed by atoms with Crippen LogP contribution in [0.15, 0.2) is 36.4 Å². The van der Waals surface area contributed by atoms with E-state index in [0.29, 0.717) is 35.3 Å². The molecule has 1 amide bonds. The van der Waals surface area contributed by atoms with Crippen molar-refractivity contribution in [2.24, 2.45) is 0 Å². The van der Waals surface area contributed by atoms with Gasteiger partial charge in [0.2, 0.25) is 0 Å². The van der Waals surface area contributed by atoms with Crippen LogP contribution in [0.25, 0.3) is 0 Å². The van der Waals surface area contributed by atoms with Crippen LogP contribution >= 0.6 is 11.6 Å². The van der Waals surface area contributed by atoms with Crippen molar-refractivity contribution in [3.05, 3.63) is 58.1 Å². The normalized spacial score (nSPS) is 18.8. The quantitative estimate of drug-likeness (QED) is 0.889. The Morgan fingerprint density at radius 2 is 1.92 bits per heavy atom. The molecule has 5 heteroatoms. The minimum Gasteiger partial charge on any atom is -0.489 e. The van der Waals surface area contributed by atoms with Crippen molar-refractivity contribution >= 4 is 17.5 Å². The highest BCUT2D eigenvalue weighted by molar-refractivity contribution is 6.32. The van der Waals surface area contributed by atoms with Crippen LogP contribution in [0.5, 0.6) is 11.5 Å². The molecule has 4 rings (SSSR count). The van der Waals surface area contributed by atoms with Gasteiger partial charge in [-0.3, -0.25) is 4.79 Å². The molecule has 0 saturated heterocycles. The Labute approximate surface area is 152 Å². The molecule has 1 aliphatic heterocycles. The van der Waals surface area contributed by atoms with Crippen LogP contribution in [-0.4, -0.2) is 25.2 Å². The molecule has 0 fully saturated rings. The van der Waals surface area contributed by atoms with E-state index in [1.807, 2.05) is 6.07 Å². The number of nitrogens with one attached hydrogen (secondary N) is 1. The van der Waals surface area contributed by atoms with Crippen LogP contribution in [0.4, 0.5) is 0 Å². The highest BCUT2D eigenvalue weighted by Crippen LogP contribution is 2.38. The summed E-state index contributed by atoms with van der Waals surface area (Å²) < 4.78 is 11.3. The zero-order valence-electron chi connectivity index (χ0n) is 13.9. The molecule has 0 bridgehead atoms. The molecule has 0 radical (unpaired) electrons. The number of rotatable bonds is 2. The maximum atomic E-state index is 12.7. The lowest BCUT2D eigenvalue weighted by Crippen LogP contribution is -2.38. The fraction of sp³-hybridized carbons (Fsp3) is 0.350. The Kier molecular flexibility index (Phi) is 4.53. The Balaban J connectivity index is 1.50. The van der Waals surface area contributed by atoms with Crippen molar-refractivity contribution < 1.29 is 14.3 Å². The van der Waals surface area contributed by atoms with Crippen molar-refractivity contribution in [1.29, 1.82) is 0 Å². The fourth-order valence-electron chi connectivity index (χ4n) is 3.45. The zero-order chi connectivity index (χ0) is 17.2. The van der Waals surface area contributed by atoms with Gasteiger partial charge in [0.05, 0.1) is 18.2 Å². The number of fused-ring (bicyclic) bond motifs is 2. The second-order valence-electron chi connectivity index (χ2n) is 6.52. The first-order chi connectivity index (χ1) is 12.2. The summed E-state index contributed by atoms with van der Waals surface area (Å²) in [5.41, 5.74) is 3.20. The summed E-state index contributed by atoms with van der Waals surface area (Å²) in [5.74, 6) is 0.952. The molecule has 1 N–H and O–H groups in total. The van der Waals surface area contributed by atoms with Crippen LogP contribution in [-0.2, 0) is 12.8 Å².